The lowest BCUT2D eigenvalue weighted by atomic mass is 10.1. The van der Waals surface area contributed by atoms with E-state index in [0.29, 0.717) is 23.9 Å². The van der Waals surface area contributed by atoms with Gasteiger partial charge in [-0.1, -0.05) is 23.8 Å². The molecule has 0 aliphatic rings. The Hall–Kier alpha value is -4.40. The number of benzene rings is 1. The Bertz CT molecular complexity index is 1430. The Labute approximate surface area is 189 Å². The highest BCUT2D eigenvalue weighted by atomic mass is 16.5. The van der Waals surface area contributed by atoms with Gasteiger partial charge in [-0.3, -0.25) is 9.48 Å². The van der Waals surface area contributed by atoms with Gasteiger partial charge in [-0.2, -0.15) is 5.10 Å². The number of fused-ring (bicyclic) bond motifs is 1. The van der Waals surface area contributed by atoms with E-state index in [4.69, 9.17) is 9.15 Å². The third kappa shape index (κ3) is 4.20. The van der Waals surface area contributed by atoms with Crippen LogP contribution >= 0.6 is 0 Å². The molecular formula is C24H22N6O3. The van der Waals surface area contributed by atoms with Crippen molar-refractivity contribution in [3.8, 4) is 17.2 Å². The predicted molar refractivity (Wildman–Crippen MR) is 123 cm³/mol. The lowest BCUT2D eigenvalue weighted by molar-refractivity contribution is 0.102. The second-order valence-electron chi connectivity index (χ2n) is 7.66. The van der Waals surface area contributed by atoms with Crippen LogP contribution in [0.3, 0.4) is 0 Å². The molecule has 0 spiro atoms. The molecule has 1 amide bonds. The minimum absolute atomic E-state index is 0.229. The van der Waals surface area contributed by atoms with Crippen LogP contribution in [-0.2, 0) is 13.0 Å². The van der Waals surface area contributed by atoms with Gasteiger partial charge >= 0.3 is 0 Å². The zero-order valence-corrected chi connectivity index (χ0v) is 18.2. The summed E-state index contributed by atoms with van der Waals surface area (Å²) in [6, 6.07) is 11.5. The summed E-state index contributed by atoms with van der Waals surface area (Å²) in [7, 11) is 1.60. The molecule has 9 heteroatoms. The highest BCUT2D eigenvalue weighted by Crippen LogP contribution is 2.25. The molecule has 0 saturated heterocycles. The van der Waals surface area contributed by atoms with Crippen LogP contribution in [0.15, 0.2) is 65.8 Å². The molecule has 0 atom stereocenters. The number of aryl methyl sites for hydroxylation is 3. The van der Waals surface area contributed by atoms with Crippen molar-refractivity contribution in [2.45, 2.75) is 19.9 Å². The minimum atomic E-state index is -0.354. The second kappa shape index (κ2) is 8.62. The molecule has 0 aliphatic heterocycles. The highest BCUT2D eigenvalue weighted by Gasteiger charge is 2.19. The van der Waals surface area contributed by atoms with Crippen molar-refractivity contribution in [3.05, 3.63) is 78.2 Å². The Morgan fingerprint density at radius 1 is 1.27 bits per heavy atom. The fourth-order valence-corrected chi connectivity index (χ4v) is 3.71. The van der Waals surface area contributed by atoms with Crippen LogP contribution in [0, 0.1) is 6.92 Å². The summed E-state index contributed by atoms with van der Waals surface area (Å²) in [6.07, 6.45) is 7.34. The zero-order valence-electron chi connectivity index (χ0n) is 18.2. The summed E-state index contributed by atoms with van der Waals surface area (Å²) in [5, 5.41) is 7.21. The Morgan fingerprint density at radius 3 is 3.03 bits per heavy atom. The number of aromatic nitrogens is 5. The molecule has 0 bridgehead atoms. The lowest BCUT2D eigenvalue weighted by Crippen LogP contribution is -2.13. The van der Waals surface area contributed by atoms with Gasteiger partial charge in [0.25, 0.3) is 5.91 Å². The lowest BCUT2D eigenvalue weighted by Gasteiger charge is -2.04. The summed E-state index contributed by atoms with van der Waals surface area (Å²) in [6.45, 7) is 2.61. The van der Waals surface area contributed by atoms with E-state index in [1.54, 1.807) is 24.2 Å². The minimum Gasteiger partial charge on any atom is -0.481 e. The van der Waals surface area contributed by atoms with E-state index in [0.717, 1.165) is 34.1 Å². The average molecular weight is 442 g/mol. The van der Waals surface area contributed by atoms with E-state index in [2.05, 4.69) is 25.4 Å². The van der Waals surface area contributed by atoms with Crippen LogP contribution in [0.1, 0.15) is 21.6 Å². The fourth-order valence-electron chi connectivity index (χ4n) is 3.71. The van der Waals surface area contributed by atoms with Crippen LogP contribution in [0.4, 0.5) is 5.69 Å². The third-order valence-corrected chi connectivity index (χ3v) is 5.35. The van der Waals surface area contributed by atoms with E-state index in [-0.39, 0.29) is 11.6 Å². The van der Waals surface area contributed by atoms with Crippen molar-refractivity contribution >= 4 is 22.6 Å². The summed E-state index contributed by atoms with van der Waals surface area (Å²) in [5.74, 6) is 0.656. The molecule has 5 aromatic rings. The van der Waals surface area contributed by atoms with Crippen molar-refractivity contribution in [1.82, 2.24) is 24.7 Å². The largest absolute Gasteiger partial charge is 0.481 e. The van der Waals surface area contributed by atoms with Crippen molar-refractivity contribution < 1.29 is 13.9 Å². The predicted octanol–water partition coefficient (Wildman–Crippen LogP) is 4.23. The number of anilines is 1. The van der Waals surface area contributed by atoms with Crippen LogP contribution < -0.4 is 10.1 Å². The highest BCUT2D eigenvalue weighted by molar-refractivity contribution is 6.06. The van der Waals surface area contributed by atoms with Crippen LogP contribution in [0.25, 0.3) is 22.4 Å². The van der Waals surface area contributed by atoms with E-state index >= 15 is 0 Å². The van der Waals surface area contributed by atoms with Crippen molar-refractivity contribution in [2.75, 3.05) is 12.4 Å². The van der Waals surface area contributed by atoms with Crippen molar-refractivity contribution in [3.63, 3.8) is 0 Å². The fraction of sp³-hybridized carbons (Fsp3) is 0.167. The molecule has 5 rings (SSSR count). The number of aromatic amines is 1. The molecule has 4 aromatic heterocycles. The molecule has 0 saturated carbocycles. The number of hydrogen-bond donors (Lipinski definition) is 2. The van der Waals surface area contributed by atoms with Crippen LogP contribution in [0.5, 0.6) is 5.88 Å². The number of carbonyl (C=O) groups is 1. The number of nitrogens with one attached hydrogen (secondary N) is 2. The summed E-state index contributed by atoms with van der Waals surface area (Å²) < 4.78 is 12.5. The number of oxazole rings is 1. The molecule has 1 aromatic carbocycles. The summed E-state index contributed by atoms with van der Waals surface area (Å²) in [5.41, 5.74) is 5.58. The molecule has 0 radical (unpaired) electrons. The van der Waals surface area contributed by atoms with E-state index < -0.39 is 0 Å². The molecule has 0 unspecified atom stereocenters. The number of methoxy groups -OCH3 is 1. The molecule has 166 valence electrons. The number of amides is 1. The number of rotatable bonds is 7. The maximum atomic E-state index is 12.8. The maximum absolute atomic E-state index is 12.8. The number of ether oxygens (including phenoxy) is 1. The van der Waals surface area contributed by atoms with Gasteiger partial charge in [0.15, 0.2) is 17.8 Å². The number of carbonyl (C=O) groups excluding carboxylic acids is 1. The normalized spacial score (nSPS) is 11.1. The molecular weight excluding hydrogens is 420 g/mol. The van der Waals surface area contributed by atoms with Gasteiger partial charge in [0, 0.05) is 30.6 Å². The van der Waals surface area contributed by atoms with Gasteiger partial charge < -0.3 is 19.5 Å². The van der Waals surface area contributed by atoms with Gasteiger partial charge in [-0.25, -0.2) is 9.97 Å². The average Bonchev–Trinajstić information content (AvgIpc) is 3.57. The summed E-state index contributed by atoms with van der Waals surface area (Å²) in [4.78, 5) is 24.7. The second-order valence-corrected chi connectivity index (χ2v) is 7.66. The number of H-pyrrole nitrogens is 1. The first-order valence-corrected chi connectivity index (χ1v) is 10.5. The van der Waals surface area contributed by atoms with Crippen LogP contribution in [0.2, 0.25) is 0 Å². The monoisotopic (exact) mass is 442 g/mol. The Kier molecular flexibility index (Phi) is 5.35. The Morgan fingerprint density at radius 2 is 2.18 bits per heavy atom. The van der Waals surface area contributed by atoms with Gasteiger partial charge in [-0.15, -0.1) is 0 Å². The van der Waals surface area contributed by atoms with Crippen molar-refractivity contribution in [2.24, 2.45) is 0 Å². The maximum Gasteiger partial charge on any atom is 0.278 e. The van der Waals surface area contributed by atoms with E-state index in [1.807, 2.05) is 49.5 Å². The van der Waals surface area contributed by atoms with Gasteiger partial charge in [-0.05, 0) is 31.0 Å². The standard InChI is InChI=1S/C24H22N6O3/c1-15-4-3-5-16(10-15)23-22(26-14-33-23)24(31)28-18-12-27-30(13-18)9-8-17-11-25-19-6-7-20(32-2)29-21(17)19/h3-7,10-14,25H,8-9H2,1-2H3,(H,28,31). The van der Waals surface area contributed by atoms with E-state index in [1.165, 1.54) is 6.39 Å². The molecule has 9 nitrogen and oxygen atoms in total. The summed E-state index contributed by atoms with van der Waals surface area (Å²) >= 11 is 0. The number of nitrogens with zero attached hydrogens (tertiary/aromatic N) is 4. The molecule has 2 N–H and O–H groups in total. The first kappa shape index (κ1) is 20.5. The van der Waals surface area contributed by atoms with Crippen molar-refractivity contribution in [1.29, 1.82) is 0 Å². The first-order chi connectivity index (χ1) is 16.1. The Balaban J connectivity index is 1.27. The molecule has 0 aliphatic carbocycles. The van der Waals surface area contributed by atoms with Gasteiger partial charge in [0.2, 0.25) is 5.88 Å². The zero-order chi connectivity index (χ0) is 22.8. The SMILES string of the molecule is COc1ccc2[nH]cc(CCn3cc(NC(=O)c4ncoc4-c4cccc(C)c4)cn3)c2n1. The topological polar surface area (TPSA) is 111 Å². The van der Waals surface area contributed by atoms with E-state index in [9.17, 15) is 4.79 Å². The molecule has 4 heterocycles. The van der Waals surface area contributed by atoms with Gasteiger partial charge in [0.1, 0.15) is 0 Å². The van der Waals surface area contributed by atoms with Crippen LogP contribution in [-0.4, -0.2) is 37.7 Å². The first-order valence-electron chi connectivity index (χ1n) is 10.5. The quantitative estimate of drug-likeness (QED) is 0.390. The third-order valence-electron chi connectivity index (χ3n) is 5.35. The molecule has 0 fully saturated rings. The molecule has 33 heavy (non-hydrogen) atoms. The smallest absolute Gasteiger partial charge is 0.278 e. The number of pyridine rings is 1. The number of hydrogen-bond acceptors (Lipinski definition) is 6. The van der Waals surface area contributed by atoms with Gasteiger partial charge in [0.05, 0.1) is 30.0 Å².